The molecule has 3 nitrogen and oxygen atoms in total. The van der Waals surface area contributed by atoms with Gasteiger partial charge in [0.1, 0.15) is 0 Å². The highest BCUT2D eigenvalue weighted by atomic mass is 16.2. The third-order valence-corrected chi connectivity index (χ3v) is 4.95. The van der Waals surface area contributed by atoms with Crippen molar-refractivity contribution in [2.45, 2.75) is 70.0 Å². The summed E-state index contributed by atoms with van der Waals surface area (Å²) in [6, 6.07) is 1.21. The molecule has 17 heavy (non-hydrogen) atoms. The Bertz CT molecular complexity index is 291. The number of nitrogens with one attached hydrogen (secondary N) is 2. The lowest BCUT2D eigenvalue weighted by molar-refractivity contribution is -0.123. The molecule has 3 heteroatoms. The van der Waals surface area contributed by atoms with E-state index < -0.39 is 0 Å². The predicted molar refractivity (Wildman–Crippen MR) is 67.6 cm³/mol. The van der Waals surface area contributed by atoms with Gasteiger partial charge in [0.25, 0.3) is 0 Å². The Morgan fingerprint density at radius 2 is 2.12 bits per heavy atom. The smallest absolute Gasteiger partial charge is 0.237 e. The fourth-order valence-electron chi connectivity index (χ4n) is 3.68. The van der Waals surface area contributed by atoms with Gasteiger partial charge in [-0.2, -0.15) is 0 Å². The van der Waals surface area contributed by atoms with E-state index in [0.717, 1.165) is 18.3 Å². The van der Waals surface area contributed by atoms with Crippen molar-refractivity contribution in [2.75, 3.05) is 0 Å². The Balaban J connectivity index is 1.50. The van der Waals surface area contributed by atoms with Crippen molar-refractivity contribution >= 4 is 5.91 Å². The maximum absolute atomic E-state index is 12.1. The summed E-state index contributed by atoms with van der Waals surface area (Å²) in [5.74, 6) is 1.78. The van der Waals surface area contributed by atoms with Crippen LogP contribution in [0.4, 0.5) is 0 Å². The van der Waals surface area contributed by atoms with Crippen LogP contribution >= 0.6 is 0 Å². The maximum atomic E-state index is 12.1. The second-order valence-corrected chi connectivity index (χ2v) is 6.13. The number of amides is 1. The zero-order valence-corrected chi connectivity index (χ0v) is 10.7. The molecule has 0 aromatic rings. The van der Waals surface area contributed by atoms with Crippen molar-refractivity contribution < 1.29 is 4.79 Å². The molecule has 3 fully saturated rings. The molecule has 1 aliphatic heterocycles. The van der Waals surface area contributed by atoms with Crippen LogP contribution in [0.2, 0.25) is 0 Å². The van der Waals surface area contributed by atoms with E-state index in [4.69, 9.17) is 0 Å². The van der Waals surface area contributed by atoms with Crippen LogP contribution in [0.5, 0.6) is 0 Å². The molecule has 0 aromatic carbocycles. The van der Waals surface area contributed by atoms with Crippen LogP contribution in [0.3, 0.4) is 0 Å². The average molecular weight is 236 g/mol. The standard InChI is InChI=1S/C14H24N2O/c1-2-9-7-12(9)16-14(17)13-8-10-5-3-4-6-11(10)15-13/h9-13,15H,2-8H2,1H3,(H,16,17). The molecular formula is C14H24N2O. The minimum absolute atomic E-state index is 0.0983. The molecule has 0 bridgehead atoms. The number of fused-ring (bicyclic) bond motifs is 1. The minimum Gasteiger partial charge on any atom is -0.352 e. The fourth-order valence-corrected chi connectivity index (χ4v) is 3.68. The molecule has 0 aromatic heterocycles. The van der Waals surface area contributed by atoms with E-state index in [1.54, 1.807) is 0 Å². The number of rotatable bonds is 3. The zero-order chi connectivity index (χ0) is 11.8. The summed E-state index contributed by atoms with van der Waals surface area (Å²) in [6.07, 6.45) is 8.76. The molecule has 3 aliphatic rings. The van der Waals surface area contributed by atoms with Gasteiger partial charge in [0.2, 0.25) is 5.91 Å². The normalized spacial score (nSPS) is 44.2. The Morgan fingerprint density at radius 3 is 2.82 bits per heavy atom. The topological polar surface area (TPSA) is 41.1 Å². The van der Waals surface area contributed by atoms with Crippen molar-refractivity contribution in [3.8, 4) is 0 Å². The van der Waals surface area contributed by atoms with Gasteiger partial charge in [0.15, 0.2) is 0 Å². The second kappa shape index (κ2) is 4.60. The summed E-state index contributed by atoms with van der Waals surface area (Å²) in [5.41, 5.74) is 0. The first kappa shape index (κ1) is 11.5. The van der Waals surface area contributed by atoms with Crippen LogP contribution in [-0.2, 0) is 4.79 Å². The lowest BCUT2D eigenvalue weighted by Crippen LogP contribution is -2.44. The molecule has 5 atom stereocenters. The summed E-state index contributed by atoms with van der Waals surface area (Å²) >= 11 is 0. The van der Waals surface area contributed by atoms with Crippen LogP contribution in [0.25, 0.3) is 0 Å². The van der Waals surface area contributed by atoms with E-state index in [-0.39, 0.29) is 11.9 Å². The average Bonchev–Trinajstić information content (AvgIpc) is 2.94. The molecule has 1 saturated heterocycles. The number of hydrogen-bond donors (Lipinski definition) is 2. The van der Waals surface area contributed by atoms with Gasteiger partial charge in [-0.3, -0.25) is 4.79 Å². The van der Waals surface area contributed by atoms with Crippen LogP contribution < -0.4 is 10.6 Å². The third kappa shape index (κ3) is 2.35. The van der Waals surface area contributed by atoms with E-state index in [1.165, 1.54) is 38.5 Å². The largest absolute Gasteiger partial charge is 0.352 e. The highest BCUT2D eigenvalue weighted by molar-refractivity contribution is 5.82. The van der Waals surface area contributed by atoms with Gasteiger partial charge in [-0.1, -0.05) is 26.2 Å². The lowest BCUT2D eigenvalue weighted by atomic mass is 9.85. The van der Waals surface area contributed by atoms with E-state index in [0.29, 0.717) is 12.1 Å². The SMILES string of the molecule is CCC1CC1NC(=O)C1CC2CCCCC2N1. The highest BCUT2D eigenvalue weighted by Crippen LogP contribution is 2.35. The molecule has 1 amide bonds. The van der Waals surface area contributed by atoms with Crippen molar-refractivity contribution in [2.24, 2.45) is 11.8 Å². The molecule has 2 N–H and O–H groups in total. The van der Waals surface area contributed by atoms with Gasteiger partial charge >= 0.3 is 0 Å². The Hall–Kier alpha value is -0.570. The van der Waals surface area contributed by atoms with E-state index in [2.05, 4.69) is 17.6 Å². The summed E-state index contributed by atoms with van der Waals surface area (Å²) in [6.45, 7) is 2.21. The molecule has 1 heterocycles. The summed E-state index contributed by atoms with van der Waals surface area (Å²) < 4.78 is 0. The van der Waals surface area contributed by atoms with E-state index in [9.17, 15) is 4.79 Å². The molecule has 0 spiro atoms. The van der Waals surface area contributed by atoms with Crippen molar-refractivity contribution in [3.63, 3.8) is 0 Å². The highest BCUT2D eigenvalue weighted by Gasteiger charge is 2.41. The first-order chi connectivity index (χ1) is 8.28. The zero-order valence-electron chi connectivity index (χ0n) is 10.7. The number of carbonyl (C=O) groups excluding carboxylic acids is 1. The quantitative estimate of drug-likeness (QED) is 0.785. The summed E-state index contributed by atoms with van der Waals surface area (Å²) in [4.78, 5) is 12.1. The first-order valence-electron chi connectivity index (χ1n) is 7.34. The van der Waals surface area contributed by atoms with Crippen molar-refractivity contribution in [1.82, 2.24) is 10.6 Å². The number of hydrogen-bond acceptors (Lipinski definition) is 2. The van der Waals surface area contributed by atoms with Gasteiger partial charge in [-0.25, -0.2) is 0 Å². The van der Waals surface area contributed by atoms with Crippen LogP contribution in [0.1, 0.15) is 51.9 Å². The third-order valence-electron chi connectivity index (χ3n) is 4.95. The molecule has 96 valence electrons. The van der Waals surface area contributed by atoms with Crippen molar-refractivity contribution in [3.05, 3.63) is 0 Å². The van der Waals surface area contributed by atoms with Crippen LogP contribution in [0.15, 0.2) is 0 Å². The molecule has 2 saturated carbocycles. The molecule has 3 rings (SSSR count). The van der Waals surface area contributed by atoms with Crippen molar-refractivity contribution in [1.29, 1.82) is 0 Å². The molecular weight excluding hydrogens is 212 g/mol. The number of carbonyl (C=O) groups is 1. The lowest BCUT2D eigenvalue weighted by Gasteiger charge is -2.24. The Kier molecular flexibility index (Phi) is 3.12. The summed E-state index contributed by atoms with van der Waals surface area (Å²) in [7, 11) is 0. The minimum atomic E-state index is 0.0983. The predicted octanol–water partition coefficient (Wildman–Crippen LogP) is 1.82. The van der Waals surface area contributed by atoms with Crippen LogP contribution in [0, 0.1) is 11.8 Å². The molecule has 5 unspecified atom stereocenters. The first-order valence-corrected chi connectivity index (χ1v) is 7.34. The molecule has 2 aliphatic carbocycles. The van der Waals surface area contributed by atoms with Gasteiger partial charge in [0, 0.05) is 12.1 Å². The van der Waals surface area contributed by atoms with Gasteiger partial charge < -0.3 is 10.6 Å². The Labute approximate surface area is 104 Å². The van der Waals surface area contributed by atoms with Crippen LogP contribution in [-0.4, -0.2) is 24.0 Å². The van der Waals surface area contributed by atoms with Gasteiger partial charge in [0.05, 0.1) is 6.04 Å². The molecule has 0 radical (unpaired) electrons. The van der Waals surface area contributed by atoms with Gasteiger partial charge in [-0.05, 0) is 37.5 Å². The monoisotopic (exact) mass is 236 g/mol. The van der Waals surface area contributed by atoms with Gasteiger partial charge in [-0.15, -0.1) is 0 Å². The van der Waals surface area contributed by atoms with E-state index >= 15 is 0 Å². The maximum Gasteiger partial charge on any atom is 0.237 e. The second-order valence-electron chi connectivity index (χ2n) is 6.13. The Morgan fingerprint density at radius 1 is 1.29 bits per heavy atom. The summed E-state index contributed by atoms with van der Waals surface area (Å²) in [5, 5.41) is 6.75. The van der Waals surface area contributed by atoms with E-state index in [1.807, 2.05) is 0 Å². The fraction of sp³-hybridized carbons (Fsp3) is 0.929.